The summed E-state index contributed by atoms with van der Waals surface area (Å²) in [5, 5.41) is 13.1. The number of furan rings is 1. The zero-order chi connectivity index (χ0) is 17.1. The first kappa shape index (κ1) is 14.9. The van der Waals surface area contributed by atoms with Gasteiger partial charge in [0.1, 0.15) is 11.5 Å². The number of benzene rings is 2. The first-order valence-corrected chi connectivity index (χ1v) is 7.72. The van der Waals surface area contributed by atoms with Gasteiger partial charge in [0.15, 0.2) is 0 Å². The van der Waals surface area contributed by atoms with E-state index in [4.69, 9.17) is 4.42 Å². The van der Waals surface area contributed by atoms with Gasteiger partial charge in [-0.1, -0.05) is 42.5 Å². The lowest BCUT2D eigenvalue weighted by Gasteiger charge is -2.02. The van der Waals surface area contributed by atoms with Crippen LogP contribution < -0.4 is 5.43 Å². The summed E-state index contributed by atoms with van der Waals surface area (Å²) in [6.45, 7) is 0. The van der Waals surface area contributed by atoms with Gasteiger partial charge in [-0.2, -0.15) is 10.2 Å². The van der Waals surface area contributed by atoms with Crippen LogP contribution in [-0.4, -0.2) is 22.3 Å². The van der Waals surface area contributed by atoms with Crippen LogP contribution in [0.15, 0.2) is 76.4 Å². The number of hydrogen-bond donors (Lipinski definition) is 2. The van der Waals surface area contributed by atoms with E-state index in [-0.39, 0.29) is 5.91 Å². The maximum absolute atomic E-state index is 12.2. The zero-order valence-corrected chi connectivity index (χ0v) is 13.1. The van der Waals surface area contributed by atoms with Crippen LogP contribution in [0.3, 0.4) is 0 Å². The average molecular weight is 330 g/mol. The summed E-state index contributed by atoms with van der Waals surface area (Å²) in [6.07, 6.45) is 2.97. The number of amides is 1. The molecule has 2 aromatic heterocycles. The molecule has 0 aliphatic carbocycles. The van der Waals surface area contributed by atoms with Gasteiger partial charge in [0.25, 0.3) is 5.91 Å². The summed E-state index contributed by atoms with van der Waals surface area (Å²) in [4.78, 5) is 12.2. The number of hydrogen-bond acceptors (Lipinski definition) is 4. The highest BCUT2D eigenvalue weighted by Gasteiger charge is 2.12. The van der Waals surface area contributed by atoms with Crippen molar-refractivity contribution >= 4 is 22.9 Å². The molecule has 25 heavy (non-hydrogen) atoms. The molecule has 0 saturated carbocycles. The highest BCUT2D eigenvalue weighted by atomic mass is 16.3. The molecule has 0 unspecified atom stereocenters. The Labute approximate surface area is 143 Å². The van der Waals surface area contributed by atoms with Gasteiger partial charge in [-0.15, -0.1) is 0 Å². The molecule has 0 atom stereocenters. The maximum atomic E-state index is 12.2. The van der Waals surface area contributed by atoms with E-state index in [2.05, 4.69) is 20.7 Å². The number of aromatic nitrogens is 2. The number of nitrogens with zero attached hydrogens (tertiary/aromatic N) is 2. The third-order valence-electron chi connectivity index (χ3n) is 3.79. The number of aromatic amines is 1. The molecular formula is C19H14N4O2. The molecule has 0 fully saturated rings. The van der Waals surface area contributed by atoms with Crippen molar-refractivity contribution in [2.45, 2.75) is 0 Å². The minimum absolute atomic E-state index is 0.333. The molecule has 2 heterocycles. The van der Waals surface area contributed by atoms with Crippen LogP contribution in [0.25, 0.3) is 22.0 Å². The summed E-state index contributed by atoms with van der Waals surface area (Å²) in [6, 6.07) is 19.2. The lowest BCUT2D eigenvalue weighted by molar-refractivity contribution is 0.0950. The molecule has 0 aliphatic heterocycles. The molecule has 0 bridgehead atoms. The van der Waals surface area contributed by atoms with Crippen LogP contribution >= 0.6 is 0 Å². The Bertz CT molecular complexity index is 1040. The van der Waals surface area contributed by atoms with E-state index in [0.29, 0.717) is 17.1 Å². The van der Waals surface area contributed by atoms with Gasteiger partial charge in [-0.05, 0) is 29.0 Å². The van der Waals surface area contributed by atoms with E-state index in [0.717, 1.165) is 16.3 Å². The van der Waals surface area contributed by atoms with Crippen LogP contribution in [0.2, 0.25) is 0 Å². The topological polar surface area (TPSA) is 83.3 Å². The summed E-state index contributed by atoms with van der Waals surface area (Å²) in [5.41, 5.74) is 4.44. The van der Waals surface area contributed by atoms with Gasteiger partial charge in [0.05, 0.1) is 18.2 Å². The SMILES string of the molecule is O=C(NN=Cc1ccco1)c1cc(-c2cccc3ccccc23)n[nH]1. The Morgan fingerprint density at radius 2 is 2.00 bits per heavy atom. The van der Waals surface area contributed by atoms with E-state index in [1.165, 1.54) is 12.5 Å². The van der Waals surface area contributed by atoms with Crippen molar-refractivity contribution in [3.8, 4) is 11.3 Å². The lowest BCUT2D eigenvalue weighted by atomic mass is 10.0. The smallest absolute Gasteiger partial charge is 0.289 e. The van der Waals surface area contributed by atoms with Gasteiger partial charge >= 0.3 is 0 Å². The number of H-pyrrole nitrogens is 1. The second-order valence-corrected chi connectivity index (χ2v) is 5.41. The standard InChI is InChI=1S/C19H14N4O2/c24-19(23-20-12-14-7-4-10-25-14)18-11-17(21-22-18)16-9-3-6-13-5-1-2-8-15(13)16/h1-12H,(H,21,22)(H,23,24). The monoisotopic (exact) mass is 330 g/mol. The van der Waals surface area contributed by atoms with Crippen molar-refractivity contribution < 1.29 is 9.21 Å². The number of fused-ring (bicyclic) bond motifs is 1. The van der Waals surface area contributed by atoms with E-state index in [9.17, 15) is 4.79 Å². The molecular weight excluding hydrogens is 316 g/mol. The van der Waals surface area contributed by atoms with Crippen molar-refractivity contribution in [3.63, 3.8) is 0 Å². The van der Waals surface area contributed by atoms with Crippen LogP contribution in [0.5, 0.6) is 0 Å². The molecule has 6 nitrogen and oxygen atoms in total. The van der Waals surface area contributed by atoms with Crippen LogP contribution in [0, 0.1) is 0 Å². The molecule has 0 spiro atoms. The Morgan fingerprint density at radius 1 is 1.12 bits per heavy atom. The summed E-state index contributed by atoms with van der Waals surface area (Å²) in [5.74, 6) is 0.183. The molecule has 1 amide bonds. The number of rotatable bonds is 4. The number of carbonyl (C=O) groups is 1. The highest BCUT2D eigenvalue weighted by molar-refractivity contribution is 5.98. The van der Waals surface area contributed by atoms with Gasteiger partial charge in [-0.3, -0.25) is 9.89 Å². The van der Waals surface area contributed by atoms with Crippen LogP contribution in [0.4, 0.5) is 0 Å². The molecule has 2 N–H and O–H groups in total. The Hall–Kier alpha value is -3.67. The van der Waals surface area contributed by atoms with E-state index >= 15 is 0 Å². The minimum Gasteiger partial charge on any atom is -0.463 e. The highest BCUT2D eigenvalue weighted by Crippen LogP contribution is 2.27. The quantitative estimate of drug-likeness (QED) is 0.443. The Kier molecular flexibility index (Phi) is 3.84. The fraction of sp³-hybridized carbons (Fsp3) is 0. The molecule has 4 aromatic rings. The predicted molar refractivity (Wildman–Crippen MR) is 95.3 cm³/mol. The summed E-state index contributed by atoms with van der Waals surface area (Å²) >= 11 is 0. The summed E-state index contributed by atoms with van der Waals surface area (Å²) in [7, 11) is 0. The number of carbonyl (C=O) groups excluding carboxylic acids is 1. The molecule has 122 valence electrons. The van der Waals surface area contributed by atoms with Gasteiger partial charge in [-0.25, -0.2) is 5.43 Å². The first-order chi connectivity index (χ1) is 12.3. The van der Waals surface area contributed by atoms with Gasteiger partial charge < -0.3 is 4.42 Å². The van der Waals surface area contributed by atoms with Crippen LogP contribution in [-0.2, 0) is 0 Å². The first-order valence-electron chi connectivity index (χ1n) is 7.72. The predicted octanol–water partition coefficient (Wildman–Crippen LogP) is 3.59. The molecule has 0 aliphatic rings. The van der Waals surface area contributed by atoms with Crippen molar-refractivity contribution in [1.29, 1.82) is 0 Å². The third-order valence-corrected chi connectivity index (χ3v) is 3.79. The van der Waals surface area contributed by atoms with E-state index < -0.39 is 0 Å². The average Bonchev–Trinajstić information content (AvgIpc) is 3.33. The Balaban J connectivity index is 1.56. The Morgan fingerprint density at radius 3 is 2.88 bits per heavy atom. The molecule has 2 aromatic carbocycles. The molecule has 0 radical (unpaired) electrons. The van der Waals surface area contributed by atoms with E-state index in [1.54, 1.807) is 18.2 Å². The maximum Gasteiger partial charge on any atom is 0.289 e. The molecule has 4 rings (SSSR count). The van der Waals surface area contributed by atoms with Gasteiger partial charge in [0.2, 0.25) is 0 Å². The molecule has 6 heteroatoms. The number of nitrogens with one attached hydrogen (secondary N) is 2. The molecule has 0 saturated heterocycles. The lowest BCUT2D eigenvalue weighted by Crippen LogP contribution is -2.17. The largest absolute Gasteiger partial charge is 0.463 e. The minimum atomic E-state index is -0.373. The zero-order valence-electron chi connectivity index (χ0n) is 13.1. The second kappa shape index (κ2) is 6.45. The normalized spacial score (nSPS) is 11.2. The van der Waals surface area contributed by atoms with Gasteiger partial charge in [0, 0.05) is 5.56 Å². The van der Waals surface area contributed by atoms with Crippen molar-refractivity contribution in [2.24, 2.45) is 5.10 Å². The fourth-order valence-corrected chi connectivity index (χ4v) is 2.60. The van der Waals surface area contributed by atoms with E-state index in [1.807, 2.05) is 42.5 Å². The van der Waals surface area contributed by atoms with Crippen molar-refractivity contribution in [3.05, 3.63) is 78.4 Å². The summed E-state index contributed by atoms with van der Waals surface area (Å²) < 4.78 is 5.10. The van der Waals surface area contributed by atoms with Crippen molar-refractivity contribution in [2.75, 3.05) is 0 Å². The number of hydrazone groups is 1. The van der Waals surface area contributed by atoms with Crippen molar-refractivity contribution in [1.82, 2.24) is 15.6 Å². The van der Waals surface area contributed by atoms with Crippen LogP contribution in [0.1, 0.15) is 16.2 Å². The third kappa shape index (κ3) is 3.05. The fourth-order valence-electron chi connectivity index (χ4n) is 2.60. The second-order valence-electron chi connectivity index (χ2n) is 5.41.